The van der Waals surface area contributed by atoms with Gasteiger partial charge in [-0.3, -0.25) is 14.3 Å². The van der Waals surface area contributed by atoms with Crippen molar-refractivity contribution in [3.63, 3.8) is 0 Å². The number of amides is 1. The molecule has 1 N–H and O–H groups in total. The molecule has 1 amide bonds. The van der Waals surface area contributed by atoms with Crippen LogP contribution in [-0.4, -0.2) is 37.2 Å². The molecule has 0 aliphatic carbocycles. The van der Waals surface area contributed by atoms with Crippen LogP contribution >= 0.6 is 23.5 Å². The molecule has 8 heteroatoms. The van der Waals surface area contributed by atoms with E-state index in [-0.39, 0.29) is 11.2 Å². The van der Waals surface area contributed by atoms with Gasteiger partial charge in [0.15, 0.2) is 11.0 Å². The molecule has 1 unspecified atom stereocenters. The second kappa shape index (κ2) is 9.57. The van der Waals surface area contributed by atoms with Crippen molar-refractivity contribution in [1.29, 1.82) is 0 Å². The number of nitrogens with one attached hydrogen (secondary N) is 1. The fourth-order valence-electron chi connectivity index (χ4n) is 2.58. The van der Waals surface area contributed by atoms with Gasteiger partial charge in [0, 0.05) is 29.4 Å². The molecule has 0 radical (unpaired) electrons. The van der Waals surface area contributed by atoms with Crippen LogP contribution in [0, 0.1) is 0 Å². The average Bonchev–Trinajstić information content (AvgIpc) is 3.11. The van der Waals surface area contributed by atoms with Crippen LogP contribution in [-0.2, 0) is 11.3 Å². The van der Waals surface area contributed by atoms with Crippen molar-refractivity contribution in [2.24, 2.45) is 0 Å². The number of nitrogens with zero attached hydrogens (tertiary/aromatic N) is 4. The molecule has 3 rings (SSSR count). The normalized spacial score (nSPS) is 11.8. The van der Waals surface area contributed by atoms with E-state index in [1.807, 2.05) is 54.1 Å². The van der Waals surface area contributed by atoms with Gasteiger partial charge in [0.25, 0.3) is 0 Å². The van der Waals surface area contributed by atoms with Crippen LogP contribution < -0.4 is 5.32 Å². The minimum absolute atomic E-state index is 0.0786. The summed E-state index contributed by atoms with van der Waals surface area (Å²) in [6.45, 7) is 6.24. The van der Waals surface area contributed by atoms with Crippen LogP contribution in [0.15, 0.2) is 71.5 Å². The lowest BCUT2D eigenvalue weighted by Crippen LogP contribution is -2.23. The molecule has 2 aromatic heterocycles. The largest absolute Gasteiger partial charge is 0.324 e. The van der Waals surface area contributed by atoms with Gasteiger partial charge in [-0.05, 0) is 37.4 Å². The number of anilines is 1. The number of rotatable bonds is 8. The summed E-state index contributed by atoms with van der Waals surface area (Å²) < 4.78 is 1.95. The van der Waals surface area contributed by atoms with Gasteiger partial charge < -0.3 is 5.32 Å². The highest BCUT2D eigenvalue weighted by molar-refractivity contribution is 8.00. The fourth-order valence-corrected chi connectivity index (χ4v) is 3.99. The van der Waals surface area contributed by atoms with Crippen molar-refractivity contribution >= 4 is 35.1 Å². The second-order valence-electron chi connectivity index (χ2n) is 5.89. The number of para-hydroxylation sites is 1. The third-order valence-corrected chi connectivity index (χ3v) is 5.86. The quantitative estimate of drug-likeness (QED) is 0.438. The first kappa shape index (κ1) is 20.2. The highest BCUT2D eigenvalue weighted by atomic mass is 32.2. The SMILES string of the molecule is C=CCn1c(SC(C)C(=O)Nc2ccccc2SC)nnc1-c1ccncc1. The molecule has 1 atom stereocenters. The van der Waals surface area contributed by atoms with E-state index in [1.165, 1.54) is 11.8 Å². The van der Waals surface area contributed by atoms with E-state index in [1.54, 1.807) is 30.2 Å². The van der Waals surface area contributed by atoms with Gasteiger partial charge in [0.2, 0.25) is 5.91 Å². The fraction of sp³-hybridized carbons (Fsp3) is 0.200. The molecular weight excluding hydrogens is 390 g/mol. The van der Waals surface area contributed by atoms with Gasteiger partial charge >= 0.3 is 0 Å². The summed E-state index contributed by atoms with van der Waals surface area (Å²) in [5.41, 5.74) is 1.74. The minimum Gasteiger partial charge on any atom is -0.324 e. The summed E-state index contributed by atoms with van der Waals surface area (Å²) in [6.07, 6.45) is 7.21. The smallest absolute Gasteiger partial charge is 0.237 e. The Hall–Kier alpha value is -2.58. The standard InChI is InChI=1S/C20H21N5OS2/c1-4-13-25-18(15-9-11-21-12-10-15)23-24-20(25)28-14(2)19(26)22-16-7-5-6-8-17(16)27-3/h4-12,14H,1,13H2,2-3H3,(H,22,26). The van der Waals surface area contributed by atoms with E-state index in [2.05, 4.69) is 27.1 Å². The zero-order valence-electron chi connectivity index (χ0n) is 15.7. The number of thioether (sulfide) groups is 2. The van der Waals surface area contributed by atoms with Crippen molar-refractivity contribution in [1.82, 2.24) is 19.7 Å². The van der Waals surface area contributed by atoms with Gasteiger partial charge in [0.1, 0.15) is 0 Å². The first-order chi connectivity index (χ1) is 13.6. The number of carbonyl (C=O) groups excluding carboxylic acids is 1. The Bertz CT molecular complexity index is 958. The summed E-state index contributed by atoms with van der Waals surface area (Å²) in [5.74, 6) is 0.648. The Labute approximate surface area is 172 Å². The van der Waals surface area contributed by atoms with Crippen LogP contribution in [0.5, 0.6) is 0 Å². The Balaban J connectivity index is 1.78. The Morgan fingerprint density at radius 1 is 1.25 bits per heavy atom. The highest BCUT2D eigenvalue weighted by Gasteiger charge is 2.21. The maximum atomic E-state index is 12.7. The molecule has 0 fully saturated rings. The van der Waals surface area contributed by atoms with Crippen molar-refractivity contribution < 1.29 is 4.79 Å². The molecule has 0 spiro atoms. The highest BCUT2D eigenvalue weighted by Crippen LogP contribution is 2.29. The van der Waals surface area contributed by atoms with Crippen LogP contribution in [0.25, 0.3) is 11.4 Å². The maximum absolute atomic E-state index is 12.7. The molecule has 28 heavy (non-hydrogen) atoms. The molecule has 0 saturated carbocycles. The zero-order valence-corrected chi connectivity index (χ0v) is 17.3. The molecule has 0 aliphatic rings. The molecule has 0 aliphatic heterocycles. The first-order valence-corrected chi connectivity index (χ1v) is 10.8. The average molecular weight is 412 g/mol. The van der Waals surface area contributed by atoms with E-state index in [0.717, 1.165) is 22.0 Å². The van der Waals surface area contributed by atoms with E-state index in [9.17, 15) is 4.79 Å². The van der Waals surface area contributed by atoms with E-state index in [4.69, 9.17) is 0 Å². The van der Waals surface area contributed by atoms with Crippen molar-refractivity contribution in [2.75, 3.05) is 11.6 Å². The second-order valence-corrected chi connectivity index (χ2v) is 8.05. The maximum Gasteiger partial charge on any atom is 0.237 e. The predicted molar refractivity (Wildman–Crippen MR) is 116 cm³/mol. The third kappa shape index (κ3) is 4.63. The molecular formula is C20H21N5OS2. The molecule has 2 heterocycles. The number of aromatic nitrogens is 4. The zero-order chi connectivity index (χ0) is 19.9. The number of pyridine rings is 1. The third-order valence-electron chi connectivity index (χ3n) is 3.98. The van der Waals surface area contributed by atoms with Crippen LogP contribution in [0.2, 0.25) is 0 Å². The van der Waals surface area contributed by atoms with E-state index >= 15 is 0 Å². The van der Waals surface area contributed by atoms with Crippen molar-refractivity contribution in [3.8, 4) is 11.4 Å². The predicted octanol–water partition coefficient (Wildman–Crippen LogP) is 4.37. The van der Waals surface area contributed by atoms with Crippen LogP contribution in [0.3, 0.4) is 0 Å². The van der Waals surface area contributed by atoms with Crippen molar-refractivity contribution in [3.05, 3.63) is 61.4 Å². The molecule has 144 valence electrons. The van der Waals surface area contributed by atoms with Gasteiger partial charge in [-0.2, -0.15) is 0 Å². The molecule has 0 saturated heterocycles. The Morgan fingerprint density at radius 3 is 2.71 bits per heavy atom. The molecule has 3 aromatic rings. The number of hydrogen-bond acceptors (Lipinski definition) is 6. The lowest BCUT2D eigenvalue weighted by molar-refractivity contribution is -0.115. The van der Waals surface area contributed by atoms with Gasteiger partial charge in [0.05, 0.1) is 10.9 Å². The number of hydrogen-bond donors (Lipinski definition) is 1. The summed E-state index contributed by atoms with van der Waals surface area (Å²) >= 11 is 2.97. The lowest BCUT2D eigenvalue weighted by atomic mass is 10.2. The van der Waals surface area contributed by atoms with Gasteiger partial charge in [-0.15, -0.1) is 28.5 Å². The Morgan fingerprint density at radius 2 is 2.00 bits per heavy atom. The summed E-state index contributed by atoms with van der Waals surface area (Å²) in [7, 11) is 0. The van der Waals surface area contributed by atoms with Crippen LogP contribution in [0.4, 0.5) is 5.69 Å². The number of allylic oxidation sites excluding steroid dienone is 1. The van der Waals surface area contributed by atoms with Crippen LogP contribution in [0.1, 0.15) is 6.92 Å². The topological polar surface area (TPSA) is 72.7 Å². The Kier molecular flexibility index (Phi) is 6.89. The molecule has 6 nitrogen and oxygen atoms in total. The van der Waals surface area contributed by atoms with E-state index in [0.29, 0.717) is 11.7 Å². The first-order valence-electron chi connectivity index (χ1n) is 8.69. The minimum atomic E-state index is -0.340. The van der Waals surface area contributed by atoms with Crippen molar-refractivity contribution in [2.45, 2.75) is 28.8 Å². The monoisotopic (exact) mass is 411 g/mol. The van der Waals surface area contributed by atoms with Gasteiger partial charge in [-0.1, -0.05) is 30.0 Å². The lowest BCUT2D eigenvalue weighted by Gasteiger charge is -2.14. The summed E-state index contributed by atoms with van der Waals surface area (Å²) in [5, 5.41) is 11.9. The molecule has 0 bridgehead atoms. The number of carbonyl (C=O) groups is 1. The van der Waals surface area contributed by atoms with E-state index < -0.39 is 0 Å². The summed E-state index contributed by atoms with van der Waals surface area (Å²) in [4.78, 5) is 17.8. The number of benzene rings is 1. The summed E-state index contributed by atoms with van der Waals surface area (Å²) in [6, 6.07) is 11.5. The van der Waals surface area contributed by atoms with Gasteiger partial charge in [-0.25, -0.2) is 0 Å². The molecule has 1 aromatic carbocycles.